The summed E-state index contributed by atoms with van der Waals surface area (Å²) in [7, 11) is 4.06. The maximum Gasteiger partial charge on any atom is 0.298 e. The van der Waals surface area contributed by atoms with Gasteiger partial charge in [-0.2, -0.15) is 0 Å². The molecule has 308 valence electrons. The van der Waals surface area contributed by atoms with E-state index in [9.17, 15) is 19.2 Å². The van der Waals surface area contributed by atoms with Crippen LogP contribution in [0.25, 0.3) is 16.5 Å². The molecule has 2 aliphatic rings. The third kappa shape index (κ3) is 10.8. The SMILES string of the molecule is C=C/C1=C(\C(=C/C)N2CCC(CCCN=C/C(=C\N)c3ccc(C(=O)Nc4cc5[nH]c(C(CC)N(C)C)cc5cn4)c(F)c3)CC2)CNCCCC(=O)NC(=O)C1=O. The van der Waals surface area contributed by atoms with Gasteiger partial charge in [-0.05, 0) is 95.8 Å². The van der Waals surface area contributed by atoms with Crippen molar-refractivity contribution >= 4 is 52.0 Å². The van der Waals surface area contributed by atoms with Crippen LogP contribution in [0, 0.1) is 11.7 Å². The van der Waals surface area contributed by atoms with Crippen LogP contribution in [0.3, 0.4) is 0 Å². The van der Waals surface area contributed by atoms with E-state index >= 15 is 4.39 Å². The number of nitrogens with two attached hydrogens (primary N) is 1. The van der Waals surface area contributed by atoms with Crippen molar-refractivity contribution < 1.29 is 23.6 Å². The number of likely N-dealkylation sites (tertiary alicyclic amines) is 1. The fourth-order valence-corrected chi connectivity index (χ4v) is 7.71. The summed E-state index contributed by atoms with van der Waals surface area (Å²) >= 11 is 0. The Bertz CT molecular complexity index is 2130. The van der Waals surface area contributed by atoms with E-state index in [1.807, 2.05) is 27.1 Å². The van der Waals surface area contributed by atoms with Crippen molar-refractivity contribution in [2.45, 2.75) is 64.8 Å². The number of hydrogen-bond acceptors (Lipinski definition) is 10. The Kier molecular flexibility index (Phi) is 15.4. The van der Waals surface area contributed by atoms with Gasteiger partial charge in [0.15, 0.2) is 0 Å². The molecule has 5 rings (SSSR count). The normalized spacial score (nSPS) is 18.8. The molecule has 0 aliphatic carbocycles. The lowest BCUT2D eigenvalue weighted by molar-refractivity contribution is -0.139. The van der Waals surface area contributed by atoms with E-state index in [-0.39, 0.29) is 23.6 Å². The number of nitrogens with one attached hydrogen (secondary N) is 4. The van der Waals surface area contributed by atoms with Crippen molar-refractivity contribution in [1.29, 1.82) is 0 Å². The Morgan fingerprint density at radius 2 is 1.97 bits per heavy atom. The van der Waals surface area contributed by atoms with Gasteiger partial charge in [0.25, 0.3) is 17.6 Å². The standard InChI is InChI=1S/C44H56FN9O4/c1-6-32-34(27-48-18-10-12-41(55)52-44(58)42(32)56)38(7-2)54-19-15-28(16-20-54)11-9-17-47-25-31(24-46)29-13-14-33(35(45)21-29)43(57)51-40-23-36-30(26-49-40)22-37(50-36)39(8-3)53(4)5/h6-7,13-14,21-26,28,39,48,50H,1,8-12,15-20,27,46H2,2-5H3,(H,49,51,57)(H,52,55,58)/b31-24+,34-32+,38-7+,47-25?. The molecule has 1 aromatic carbocycles. The molecule has 3 aromatic rings. The minimum absolute atomic E-state index is 0.114. The number of piperidine rings is 1. The van der Waals surface area contributed by atoms with Gasteiger partial charge in [0.05, 0.1) is 11.1 Å². The molecule has 4 heterocycles. The Hall–Kier alpha value is -5.73. The van der Waals surface area contributed by atoms with Gasteiger partial charge >= 0.3 is 0 Å². The fraction of sp³-hybridized carbons (Fsp3) is 0.409. The van der Waals surface area contributed by atoms with Crippen LogP contribution in [-0.4, -0.2) is 96.3 Å². The molecule has 6 N–H and O–H groups in total. The minimum atomic E-state index is -0.935. The van der Waals surface area contributed by atoms with E-state index in [0.717, 1.165) is 67.5 Å². The van der Waals surface area contributed by atoms with E-state index in [4.69, 9.17) is 5.73 Å². The maximum atomic E-state index is 15.3. The number of halogens is 1. The van der Waals surface area contributed by atoms with E-state index in [1.165, 1.54) is 24.4 Å². The largest absolute Gasteiger partial charge is 0.404 e. The number of nitrogens with zero attached hydrogens (tertiary/aromatic N) is 4. The Morgan fingerprint density at radius 1 is 1.19 bits per heavy atom. The lowest BCUT2D eigenvalue weighted by Crippen LogP contribution is -2.38. The number of rotatable bonds is 14. The van der Waals surface area contributed by atoms with E-state index < -0.39 is 29.3 Å². The lowest BCUT2D eigenvalue weighted by atomic mass is 9.90. The smallest absolute Gasteiger partial charge is 0.298 e. The van der Waals surface area contributed by atoms with Crippen LogP contribution >= 0.6 is 0 Å². The number of carbonyl (C=O) groups is 4. The number of carbonyl (C=O) groups excluding carboxylic acids is 4. The number of amides is 3. The molecule has 0 bridgehead atoms. The molecule has 0 saturated carbocycles. The molecule has 58 heavy (non-hydrogen) atoms. The molecule has 2 aromatic heterocycles. The molecular weight excluding hydrogens is 738 g/mol. The third-order valence-electron chi connectivity index (χ3n) is 10.8. The lowest BCUT2D eigenvalue weighted by Gasteiger charge is -2.36. The van der Waals surface area contributed by atoms with Crippen molar-refractivity contribution in [3.05, 3.63) is 101 Å². The molecule has 2 aliphatic heterocycles. The van der Waals surface area contributed by atoms with Crippen molar-refractivity contribution in [3.63, 3.8) is 0 Å². The Morgan fingerprint density at radius 3 is 2.64 bits per heavy atom. The van der Waals surface area contributed by atoms with Gasteiger partial charge in [0.1, 0.15) is 11.6 Å². The average Bonchev–Trinajstić information content (AvgIpc) is 3.61. The second-order valence-corrected chi connectivity index (χ2v) is 14.9. The van der Waals surface area contributed by atoms with Gasteiger partial charge < -0.3 is 31.2 Å². The van der Waals surface area contributed by atoms with Crippen LogP contribution in [0.2, 0.25) is 0 Å². The van der Waals surface area contributed by atoms with Crippen molar-refractivity contribution in [1.82, 2.24) is 30.4 Å². The first-order chi connectivity index (χ1) is 28.0. The second-order valence-electron chi connectivity index (χ2n) is 14.9. The van der Waals surface area contributed by atoms with Gasteiger partial charge in [0.2, 0.25) is 5.91 Å². The van der Waals surface area contributed by atoms with E-state index in [0.29, 0.717) is 54.5 Å². The molecule has 14 heteroatoms. The zero-order valence-corrected chi connectivity index (χ0v) is 34.0. The summed E-state index contributed by atoms with van der Waals surface area (Å²) in [6, 6.07) is 8.37. The minimum Gasteiger partial charge on any atom is -0.404 e. The van der Waals surface area contributed by atoms with Crippen LogP contribution in [0.4, 0.5) is 10.2 Å². The molecule has 1 fully saturated rings. The predicted octanol–water partition coefficient (Wildman–Crippen LogP) is 5.81. The molecule has 1 saturated heterocycles. The zero-order chi connectivity index (χ0) is 41.8. The van der Waals surface area contributed by atoms with Gasteiger partial charge in [-0.25, -0.2) is 9.37 Å². The molecule has 13 nitrogen and oxygen atoms in total. The highest BCUT2D eigenvalue weighted by Crippen LogP contribution is 2.30. The van der Waals surface area contributed by atoms with Crippen molar-refractivity contribution in [3.8, 4) is 0 Å². The van der Waals surface area contributed by atoms with Crippen LogP contribution in [0.1, 0.15) is 86.5 Å². The number of hydrogen-bond donors (Lipinski definition) is 5. The summed E-state index contributed by atoms with van der Waals surface area (Å²) in [6.45, 7) is 10.9. The Labute approximate surface area is 339 Å². The highest BCUT2D eigenvalue weighted by atomic mass is 19.1. The number of imide groups is 1. The summed E-state index contributed by atoms with van der Waals surface area (Å²) < 4.78 is 15.3. The van der Waals surface area contributed by atoms with Crippen LogP contribution in [-0.2, 0) is 14.4 Å². The Balaban J connectivity index is 1.12. The average molecular weight is 794 g/mol. The first kappa shape index (κ1) is 43.4. The monoisotopic (exact) mass is 793 g/mol. The van der Waals surface area contributed by atoms with E-state index in [1.54, 1.807) is 24.5 Å². The first-order valence-corrected chi connectivity index (χ1v) is 20.0. The summed E-state index contributed by atoms with van der Waals surface area (Å²) in [5.74, 6) is -2.66. The molecule has 0 spiro atoms. The quantitative estimate of drug-likeness (QED) is 0.0583. The number of aromatic nitrogens is 2. The van der Waals surface area contributed by atoms with Gasteiger partial charge in [0, 0.05) is 96.8 Å². The summed E-state index contributed by atoms with van der Waals surface area (Å²) in [6.07, 6.45) is 13.4. The number of benzene rings is 1. The van der Waals surface area contributed by atoms with Gasteiger partial charge in [-0.3, -0.25) is 29.5 Å². The number of H-pyrrole nitrogens is 1. The number of anilines is 1. The van der Waals surface area contributed by atoms with Crippen LogP contribution < -0.4 is 21.7 Å². The molecule has 3 amide bonds. The summed E-state index contributed by atoms with van der Waals surface area (Å²) in [5.41, 5.74) is 10.5. The first-order valence-electron chi connectivity index (χ1n) is 20.0. The summed E-state index contributed by atoms with van der Waals surface area (Å²) in [4.78, 5) is 67.5. The number of Topliss-reactive ketones (excluding diaryl/α,β-unsaturated/α-hetero) is 1. The summed E-state index contributed by atoms with van der Waals surface area (Å²) in [5, 5.41) is 9.17. The third-order valence-corrected chi connectivity index (χ3v) is 10.8. The van der Waals surface area contributed by atoms with E-state index in [2.05, 4.69) is 60.3 Å². The van der Waals surface area contributed by atoms with Gasteiger partial charge in [-0.15, -0.1) is 0 Å². The number of fused-ring (bicyclic) bond motifs is 1. The molecule has 0 radical (unpaired) electrons. The number of pyridine rings is 1. The topological polar surface area (TPSA) is 178 Å². The highest BCUT2D eigenvalue weighted by Gasteiger charge is 2.28. The predicted molar refractivity (Wildman–Crippen MR) is 227 cm³/mol. The number of ketones is 1. The maximum absolute atomic E-state index is 15.3. The molecular formula is C44H56FN9O4. The number of allylic oxidation sites excluding steroid dienone is 3. The zero-order valence-electron chi connectivity index (χ0n) is 34.0. The highest BCUT2D eigenvalue weighted by molar-refractivity contribution is 6.45. The molecule has 1 atom stereocenters. The van der Waals surface area contributed by atoms with Crippen molar-refractivity contribution in [2.75, 3.05) is 52.1 Å². The number of aliphatic imine (C=N–C) groups is 1. The second kappa shape index (κ2) is 20.6. The van der Waals surface area contributed by atoms with Crippen molar-refractivity contribution in [2.24, 2.45) is 16.6 Å². The fourth-order valence-electron chi connectivity index (χ4n) is 7.71. The number of aromatic amines is 1. The van der Waals surface area contributed by atoms with Crippen LogP contribution in [0.15, 0.2) is 83.3 Å². The van der Waals surface area contributed by atoms with Crippen LogP contribution in [0.5, 0.6) is 0 Å². The van der Waals surface area contributed by atoms with Gasteiger partial charge in [-0.1, -0.05) is 31.7 Å². The molecule has 1 unspecified atom stereocenters.